The average Bonchev–Trinajstić information content (AvgIpc) is 2.81. The number of nitrogens with one attached hydrogen (secondary N) is 2. The number of carbonyl (C=O) groups excluding carboxylic acids is 2. The highest BCUT2D eigenvalue weighted by molar-refractivity contribution is 7.92. The van der Waals surface area contributed by atoms with E-state index in [9.17, 15) is 26.8 Å². The molecule has 0 heterocycles. The zero-order valence-corrected chi connectivity index (χ0v) is 18.9. The molecule has 1 unspecified atom stereocenters. The van der Waals surface area contributed by atoms with Crippen molar-refractivity contribution in [1.29, 1.82) is 0 Å². The Bertz CT molecular complexity index is 1300. The van der Waals surface area contributed by atoms with Gasteiger partial charge in [0.1, 0.15) is 17.4 Å². The third kappa shape index (κ3) is 6.07. The van der Waals surface area contributed by atoms with Gasteiger partial charge in [0.05, 0.1) is 23.3 Å². The lowest BCUT2D eigenvalue weighted by Gasteiger charge is -2.14. The first kappa shape index (κ1) is 24.6. The third-order valence-electron chi connectivity index (χ3n) is 4.58. The van der Waals surface area contributed by atoms with Crippen LogP contribution in [0.5, 0.6) is 5.75 Å². The van der Waals surface area contributed by atoms with Crippen LogP contribution in [0.2, 0.25) is 0 Å². The Morgan fingerprint density at radius 3 is 2.21 bits per heavy atom. The fraction of sp³-hybridized carbons (Fsp3) is 0.130. The molecule has 0 aliphatic rings. The Hall–Kier alpha value is -3.99. The van der Waals surface area contributed by atoms with E-state index in [2.05, 4.69) is 10.0 Å². The van der Waals surface area contributed by atoms with E-state index in [-0.39, 0.29) is 10.5 Å². The van der Waals surface area contributed by atoms with Gasteiger partial charge < -0.3 is 14.8 Å². The lowest BCUT2D eigenvalue weighted by Crippen LogP contribution is -2.30. The van der Waals surface area contributed by atoms with E-state index in [0.29, 0.717) is 11.4 Å². The topological polar surface area (TPSA) is 111 Å². The molecule has 3 aromatic carbocycles. The lowest BCUT2D eigenvalue weighted by atomic mass is 10.2. The first-order chi connectivity index (χ1) is 16.1. The van der Waals surface area contributed by atoms with Crippen molar-refractivity contribution < 1.29 is 36.3 Å². The van der Waals surface area contributed by atoms with Crippen molar-refractivity contribution >= 4 is 33.3 Å². The number of anilines is 2. The maximum atomic E-state index is 13.7. The van der Waals surface area contributed by atoms with Crippen LogP contribution in [0.1, 0.15) is 17.3 Å². The normalized spacial score (nSPS) is 11.9. The molecule has 0 fully saturated rings. The van der Waals surface area contributed by atoms with E-state index in [1.165, 1.54) is 50.4 Å². The SMILES string of the molecule is COc1ccc(NS(=O)(=O)c2ccc(C(=O)OC(C)C(=O)Nc3cc(F)ccc3F)cc2)cc1. The van der Waals surface area contributed by atoms with E-state index in [0.717, 1.165) is 18.2 Å². The first-order valence-corrected chi connectivity index (χ1v) is 11.3. The quantitative estimate of drug-likeness (QED) is 0.463. The maximum absolute atomic E-state index is 13.7. The van der Waals surface area contributed by atoms with Crippen molar-refractivity contribution in [2.75, 3.05) is 17.1 Å². The number of sulfonamides is 1. The summed E-state index contributed by atoms with van der Waals surface area (Å²) in [5.41, 5.74) is -0.0920. The number of benzene rings is 3. The van der Waals surface area contributed by atoms with Gasteiger partial charge in [0, 0.05) is 11.8 Å². The number of halogens is 2. The monoisotopic (exact) mass is 490 g/mol. The molecule has 3 rings (SSSR count). The fourth-order valence-corrected chi connectivity index (χ4v) is 3.81. The highest BCUT2D eigenvalue weighted by atomic mass is 32.2. The van der Waals surface area contributed by atoms with Gasteiger partial charge in [-0.25, -0.2) is 22.0 Å². The number of ether oxygens (including phenoxy) is 2. The highest BCUT2D eigenvalue weighted by Gasteiger charge is 2.21. The zero-order valence-electron chi connectivity index (χ0n) is 18.0. The molecule has 0 aromatic heterocycles. The summed E-state index contributed by atoms with van der Waals surface area (Å²) < 4.78 is 64.5. The van der Waals surface area contributed by atoms with Gasteiger partial charge in [0.15, 0.2) is 6.10 Å². The highest BCUT2D eigenvalue weighted by Crippen LogP contribution is 2.20. The van der Waals surface area contributed by atoms with E-state index in [1.807, 2.05) is 0 Å². The summed E-state index contributed by atoms with van der Waals surface area (Å²) in [7, 11) is -2.44. The minimum Gasteiger partial charge on any atom is -0.497 e. The maximum Gasteiger partial charge on any atom is 0.338 e. The van der Waals surface area contributed by atoms with Gasteiger partial charge in [0.2, 0.25) is 0 Å². The number of amides is 1. The minimum absolute atomic E-state index is 0.0139. The molecule has 1 amide bonds. The summed E-state index contributed by atoms with van der Waals surface area (Å²) in [5, 5.41) is 2.14. The molecular formula is C23H20F2N2O6S. The Morgan fingerprint density at radius 1 is 0.941 bits per heavy atom. The Labute approximate surface area is 194 Å². The van der Waals surface area contributed by atoms with Gasteiger partial charge in [-0.15, -0.1) is 0 Å². The molecule has 34 heavy (non-hydrogen) atoms. The molecule has 0 bridgehead atoms. The largest absolute Gasteiger partial charge is 0.497 e. The van der Waals surface area contributed by atoms with Crippen molar-refractivity contribution in [3.8, 4) is 5.75 Å². The van der Waals surface area contributed by atoms with Crippen LogP contribution in [0.15, 0.2) is 71.6 Å². The van der Waals surface area contributed by atoms with E-state index < -0.39 is 45.3 Å². The van der Waals surface area contributed by atoms with Gasteiger partial charge in [-0.2, -0.15) is 0 Å². The summed E-state index contributed by atoms with van der Waals surface area (Å²) >= 11 is 0. The third-order valence-corrected chi connectivity index (χ3v) is 5.98. The second-order valence-corrected chi connectivity index (χ2v) is 8.70. The molecule has 3 aromatic rings. The standard InChI is InChI=1S/C23H20F2N2O6S/c1-14(22(28)26-21-13-16(24)5-12-20(21)25)33-23(29)15-3-10-19(11-4-15)34(30,31)27-17-6-8-18(32-2)9-7-17/h3-14,27H,1-2H3,(H,26,28). The van der Waals surface area contributed by atoms with Crippen molar-refractivity contribution in [3.63, 3.8) is 0 Å². The molecule has 1 atom stereocenters. The van der Waals surface area contributed by atoms with Gasteiger partial charge in [-0.05, 0) is 67.6 Å². The van der Waals surface area contributed by atoms with Gasteiger partial charge in [-0.3, -0.25) is 9.52 Å². The molecule has 11 heteroatoms. The second kappa shape index (κ2) is 10.3. The van der Waals surface area contributed by atoms with Crippen LogP contribution in [0.25, 0.3) is 0 Å². The number of methoxy groups -OCH3 is 1. The number of hydrogen-bond acceptors (Lipinski definition) is 6. The Kier molecular flexibility index (Phi) is 7.47. The number of rotatable bonds is 8. The van der Waals surface area contributed by atoms with Crippen LogP contribution >= 0.6 is 0 Å². The van der Waals surface area contributed by atoms with E-state index in [1.54, 1.807) is 12.1 Å². The van der Waals surface area contributed by atoms with E-state index in [4.69, 9.17) is 9.47 Å². The Morgan fingerprint density at radius 2 is 1.59 bits per heavy atom. The molecule has 8 nitrogen and oxygen atoms in total. The predicted molar refractivity (Wildman–Crippen MR) is 120 cm³/mol. The second-order valence-electron chi connectivity index (χ2n) is 7.02. The van der Waals surface area contributed by atoms with Crippen LogP contribution in [-0.2, 0) is 19.6 Å². The molecule has 0 spiro atoms. The molecule has 0 aliphatic heterocycles. The van der Waals surface area contributed by atoms with E-state index >= 15 is 0 Å². The van der Waals surface area contributed by atoms with Crippen molar-refractivity contribution in [2.45, 2.75) is 17.9 Å². The predicted octanol–water partition coefficient (Wildman–Crippen LogP) is 3.96. The van der Waals surface area contributed by atoms with Gasteiger partial charge in [0.25, 0.3) is 15.9 Å². The van der Waals surface area contributed by atoms with Crippen LogP contribution in [-0.4, -0.2) is 33.5 Å². The van der Waals surface area contributed by atoms with Gasteiger partial charge >= 0.3 is 5.97 Å². The summed E-state index contributed by atoms with van der Waals surface area (Å²) in [6, 6.07) is 13.6. The van der Waals surface area contributed by atoms with Crippen molar-refractivity contribution in [3.05, 3.63) is 83.9 Å². The van der Waals surface area contributed by atoms with Gasteiger partial charge in [-0.1, -0.05) is 0 Å². The van der Waals surface area contributed by atoms with Crippen molar-refractivity contribution in [1.82, 2.24) is 0 Å². The van der Waals surface area contributed by atoms with Crippen molar-refractivity contribution in [2.24, 2.45) is 0 Å². The molecule has 0 radical (unpaired) electrons. The molecule has 0 saturated carbocycles. The number of hydrogen-bond donors (Lipinski definition) is 2. The van der Waals surface area contributed by atoms with Crippen LogP contribution in [0, 0.1) is 11.6 Å². The molecule has 0 aliphatic carbocycles. The van der Waals surface area contributed by atoms with Crippen LogP contribution in [0.3, 0.4) is 0 Å². The smallest absolute Gasteiger partial charge is 0.338 e. The Balaban J connectivity index is 1.63. The average molecular weight is 490 g/mol. The molecular weight excluding hydrogens is 470 g/mol. The summed E-state index contributed by atoms with van der Waals surface area (Å²) in [4.78, 5) is 24.4. The molecule has 0 saturated heterocycles. The number of carbonyl (C=O) groups is 2. The number of esters is 1. The van der Waals surface area contributed by atoms with Crippen LogP contribution in [0.4, 0.5) is 20.2 Å². The molecule has 2 N–H and O–H groups in total. The summed E-state index contributed by atoms with van der Waals surface area (Å²) in [6.07, 6.45) is -1.34. The minimum atomic E-state index is -3.93. The first-order valence-electron chi connectivity index (χ1n) is 9.83. The summed E-state index contributed by atoms with van der Waals surface area (Å²) in [6.45, 7) is 1.25. The summed E-state index contributed by atoms with van der Waals surface area (Å²) in [5.74, 6) is -2.82. The van der Waals surface area contributed by atoms with Crippen LogP contribution < -0.4 is 14.8 Å². The lowest BCUT2D eigenvalue weighted by molar-refractivity contribution is -0.123. The zero-order chi connectivity index (χ0) is 24.9. The molecule has 178 valence electrons. The fourth-order valence-electron chi connectivity index (χ4n) is 2.75.